The van der Waals surface area contributed by atoms with E-state index in [4.69, 9.17) is 0 Å². The van der Waals surface area contributed by atoms with Crippen LogP contribution in [0.4, 0.5) is 0 Å². The van der Waals surface area contributed by atoms with Crippen molar-refractivity contribution in [3.05, 3.63) is 0 Å². The van der Waals surface area contributed by atoms with Crippen LogP contribution in [0.3, 0.4) is 0 Å². The minimum Gasteiger partial charge on any atom is -0.392 e. The monoisotopic (exact) mass is 202 g/mol. The Morgan fingerprint density at radius 3 is 2.43 bits per heavy atom. The molecule has 0 heterocycles. The van der Waals surface area contributed by atoms with Crippen LogP contribution in [-0.4, -0.2) is 61.1 Å². The SMILES string of the molecule is CN(C)CC(O)CNCC(O)C1CC1. The largest absolute Gasteiger partial charge is 0.392 e. The van der Waals surface area contributed by atoms with Crippen molar-refractivity contribution >= 4 is 0 Å². The van der Waals surface area contributed by atoms with Crippen molar-refractivity contribution in [1.82, 2.24) is 10.2 Å². The second-order valence-electron chi connectivity index (χ2n) is 4.48. The molecule has 4 heteroatoms. The molecule has 0 amide bonds. The highest BCUT2D eigenvalue weighted by Crippen LogP contribution is 2.32. The molecule has 1 aliphatic rings. The number of aliphatic hydroxyl groups excluding tert-OH is 2. The molecule has 2 unspecified atom stereocenters. The Labute approximate surface area is 85.9 Å². The Morgan fingerprint density at radius 2 is 1.93 bits per heavy atom. The van der Waals surface area contributed by atoms with Crippen LogP contribution < -0.4 is 5.32 Å². The first-order chi connectivity index (χ1) is 6.59. The zero-order valence-electron chi connectivity index (χ0n) is 9.11. The Morgan fingerprint density at radius 1 is 1.29 bits per heavy atom. The smallest absolute Gasteiger partial charge is 0.0791 e. The van der Waals surface area contributed by atoms with Crippen molar-refractivity contribution in [3.8, 4) is 0 Å². The summed E-state index contributed by atoms with van der Waals surface area (Å²) in [4.78, 5) is 1.95. The maximum atomic E-state index is 9.53. The van der Waals surface area contributed by atoms with E-state index in [1.54, 1.807) is 0 Å². The number of nitrogens with zero attached hydrogens (tertiary/aromatic N) is 1. The van der Waals surface area contributed by atoms with Crippen molar-refractivity contribution in [3.63, 3.8) is 0 Å². The zero-order valence-corrected chi connectivity index (χ0v) is 9.11. The Balaban J connectivity index is 1.96. The predicted molar refractivity (Wildman–Crippen MR) is 56.2 cm³/mol. The fourth-order valence-electron chi connectivity index (χ4n) is 1.53. The summed E-state index contributed by atoms with van der Waals surface area (Å²) in [5.74, 6) is 0.508. The maximum absolute atomic E-state index is 9.53. The average molecular weight is 202 g/mol. The molecule has 1 saturated carbocycles. The lowest BCUT2D eigenvalue weighted by Crippen LogP contribution is -2.38. The van der Waals surface area contributed by atoms with Gasteiger partial charge in [-0.3, -0.25) is 0 Å². The second kappa shape index (κ2) is 5.66. The highest BCUT2D eigenvalue weighted by atomic mass is 16.3. The van der Waals surface area contributed by atoms with E-state index in [1.165, 1.54) is 0 Å². The van der Waals surface area contributed by atoms with Gasteiger partial charge < -0.3 is 20.4 Å². The first kappa shape index (κ1) is 11.9. The standard InChI is InChI=1S/C10H22N2O2/c1-12(2)7-9(13)5-11-6-10(14)8-3-4-8/h8-11,13-14H,3-7H2,1-2H3. The summed E-state index contributed by atoms with van der Waals surface area (Å²) in [7, 11) is 3.87. The van der Waals surface area contributed by atoms with Crippen LogP contribution in [-0.2, 0) is 0 Å². The molecule has 0 aliphatic heterocycles. The molecular weight excluding hydrogens is 180 g/mol. The highest BCUT2D eigenvalue weighted by Gasteiger charge is 2.29. The molecule has 0 aromatic rings. The molecule has 0 bridgehead atoms. The minimum atomic E-state index is -0.351. The molecule has 3 N–H and O–H groups in total. The van der Waals surface area contributed by atoms with Crippen molar-refractivity contribution in [2.75, 3.05) is 33.7 Å². The average Bonchev–Trinajstić information content (AvgIpc) is 2.84. The van der Waals surface area contributed by atoms with E-state index in [0.29, 0.717) is 25.6 Å². The number of rotatable bonds is 7. The van der Waals surface area contributed by atoms with E-state index in [9.17, 15) is 10.2 Å². The fraction of sp³-hybridized carbons (Fsp3) is 1.00. The molecule has 1 aliphatic carbocycles. The first-order valence-electron chi connectivity index (χ1n) is 5.31. The molecule has 14 heavy (non-hydrogen) atoms. The van der Waals surface area contributed by atoms with E-state index in [-0.39, 0.29) is 12.2 Å². The first-order valence-corrected chi connectivity index (χ1v) is 5.31. The zero-order chi connectivity index (χ0) is 10.6. The molecule has 1 fully saturated rings. The van der Waals surface area contributed by atoms with Crippen molar-refractivity contribution in [2.45, 2.75) is 25.0 Å². The third-order valence-electron chi connectivity index (χ3n) is 2.48. The third-order valence-corrected chi connectivity index (χ3v) is 2.48. The van der Waals surface area contributed by atoms with E-state index >= 15 is 0 Å². The molecular formula is C10H22N2O2. The van der Waals surface area contributed by atoms with Gasteiger partial charge >= 0.3 is 0 Å². The van der Waals surface area contributed by atoms with Gasteiger partial charge in [-0.15, -0.1) is 0 Å². The molecule has 4 nitrogen and oxygen atoms in total. The van der Waals surface area contributed by atoms with Gasteiger partial charge in [0.1, 0.15) is 0 Å². The van der Waals surface area contributed by atoms with Gasteiger partial charge in [-0.25, -0.2) is 0 Å². The van der Waals surface area contributed by atoms with E-state index in [1.807, 2.05) is 19.0 Å². The van der Waals surface area contributed by atoms with Gasteiger partial charge in [0.05, 0.1) is 12.2 Å². The summed E-state index contributed by atoms with van der Waals surface area (Å²) >= 11 is 0. The van der Waals surface area contributed by atoms with Crippen molar-refractivity contribution < 1.29 is 10.2 Å². The second-order valence-corrected chi connectivity index (χ2v) is 4.48. The van der Waals surface area contributed by atoms with Crippen LogP contribution in [0.15, 0.2) is 0 Å². The lowest BCUT2D eigenvalue weighted by Gasteiger charge is -2.17. The van der Waals surface area contributed by atoms with Crippen LogP contribution in [0, 0.1) is 5.92 Å². The quantitative estimate of drug-likeness (QED) is 0.509. The normalized spacial score (nSPS) is 21.2. The molecule has 0 radical (unpaired) electrons. The molecule has 0 spiro atoms. The summed E-state index contributed by atoms with van der Waals surface area (Å²) in [5.41, 5.74) is 0. The molecule has 84 valence electrons. The van der Waals surface area contributed by atoms with Crippen molar-refractivity contribution in [1.29, 1.82) is 0 Å². The maximum Gasteiger partial charge on any atom is 0.0791 e. The van der Waals surface area contributed by atoms with Crippen LogP contribution in [0.25, 0.3) is 0 Å². The molecule has 0 aromatic heterocycles. The lowest BCUT2D eigenvalue weighted by atomic mass is 10.2. The van der Waals surface area contributed by atoms with Crippen LogP contribution in [0.1, 0.15) is 12.8 Å². The van der Waals surface area contributed by atoms with E-state index in [0.717, 1.165) is 12.8 Å². The number of hydrogen-bond donors (Lipinski definition) is 3. The van der Waals surface area contributed by atoms with Gasteiger partial charge in [0.15, 0.2) is 0 Å². The van der Waals surface area contributed by atoms with E-state index < -0.39 is 0 Å². The Bertz CT molecular complexity index is 160. The number of hydrogen-bond acceptors (Lipinski definition) is 4. The van der Waals surface area contributed by atoms with Crippen LogP contribution >= 0.6 is 0 Å². The van der Waals surface area contributed by atoms with Gasteiger partial charge in [0.2, 0.25) is 0 Å². The topological polar surface area (TPSA) is 55.7 Å². The lowest BCUT2D eigenvalue weighted by molar-refractivity contribution is 0.116. The Hall–Kier alpha value is -0.160. The van der Waals surface area contributed by atoms with Crippen molar-refractivity contribution in [2.24, 2.45) is 5.92 Å². The van der Waals surface area contributed by atoms with Gasteiger partial charge in [0, 0.05) is 19.6 Å². The third kappa shape index (κ3) is 4.91. The van der Waals surface area contributed by atoms with Crippen LogP contribution in [0.2, 0.25) is 0 Å². The van der Waals surface area contributed by atoms with Crippen LogP contribution in [0.5, 0.6) is 0 Å². The highest BCUT2D eigenvalue weighted by molar-refractivity contribution is 4.82. The Kier molecular flexibility index (Phi) is 4.81. The summed E-state index contributed by atoms with van der Waals surface area (Å²) in [5, 5.41) is 22.1. The van der Waals surface area contributed by atoms with Gasteiger partial charge in [-0.05, 0) is 32.9 Å². The van der Waals surface area contributed by atoms with Gasteiger partial charge in [-0.1, -0.05) is 0 Å². The molecule has 1 rings (SSSR count). The number of likely N-dealkylation sites (N-methyl/N-ethyl adjacent to an activating group) is 1. The molecule has 0 saturated heterocycles. The molecule has 2 atom stereocenters. The van der Waals surface area contributed by atoms with Gasteiger partial charge in [-0.2, -0.15) is 0 Å². The molecule has 0 aromatic carbocycles. The summed E-state index contributed by atoms with van der Waals surface area (Å²) < 4.78 is 0. The summed E-state index contributed by atoms with van der Waals surface area (Å²) in [6.07, 6.45) is 1.74. The minimum absolute atomic E-state index is 0.221. The predicted octanol–water partition coefficient (Wildman–Crippen LogP) is -0.731. The van der Waals surface area contributed by atoms with E-state index in [2.05, 4.69) is 5.32 Å². The summed E-state index contributed by atoms with van der Waals surface area (Å²) in [6.45, 7) is 1.82. The summed E-state index contributed by atoms with van der Waals surface area (Å²) in [6, 6.07) is 0. The number of nitrogens with one attached hydrogen (secondary N) is 1. The fourth-order valence-corrected chi connectivity index (χ4v) is 1.53. The number of aliphatic hydroxyl groups is 2. The van der Waals surface area contributed by atoms with Gasteiger partial charge in [0.25, 0.3) is 0 Å².